The zero-order chi connectivity index (χ0) is 21.1. The Bertz CT molecular complexity index is 972. The molecule has 8 heteroatoms. The summed E-state index contributed by atoms with van der Waals surface area (Å²) in [5.74, 6) is -1.78. The van der Waals surface area contributed by atoms with Gasteiger partial charge in [-0.2, -0.15) is 0 Å². The van der Waals surface area contributed by atoms with E-state index in [-0.39, 0.29) is 35.9 Å². The van der Waals surface area contributed by atoms with E-state index in [1.54, 1.807) is 6.07 Å². The minimum absolute atomic E-state index is 0.0282. The lowest BCUT2D eigenvalue weighted by molar-refractivity contribution is -0.122. The van der Waals surface area contributed by atoms with Crippen LogP contribution in [-0.4, -0.2) is 43.7 Å². The number of para-hydroxylation sites is 1. The number of aryl methyl sites for hydroxylation is 1. The predicted octanol–water partition coefficient (Wildman–Crippen LogP) is 2.49. The largest absolute Gasteiger partial charge is 0.505 e. The first-order valence-corrected chi connectivity index (χ1v) is 9.01. The van der Waals surface area contributed by atoms with Gasteiger partial charge < -0.3 is 24.8 Å². The van der Waals surface area contributed by atoms with Crippen molar-refractivity contribution in [3.8, 4) is 11.5 Å². The van der Waals surface area contributed by atoms with Crippen LogP contribution in [0.2, 0.25) is 0 Å². The van der Waals surface area contributed by atoms with Crippen molar-refractivity contribution >= 4 is 29.2 Å². The minimum atomic E-state index is -0.715. The van der Waals surface area contributed by atoms with Gasteiger partial charge in [0, 0.05) is 13.0 Å². The molecule has 1 aliphatic heterocycles. The van der Waals surface area contributed by atoms with E-state index in [0.717, 1.165) is 5.56 Å². The van der Waals surface area contributed by atoms with Crippen LogP contribution >= 0.6 is 0 Å². The van der Waals surface area contributed by atoms with Crippen LogP contribution in [0.5, 0.6) is 11.5 Å². The van der Waals surface area contributed by atoms with Crippen molar-refractivity contribution in [1.82, 2.24) is 0 Å². The Morgan fingerprint density at radius 1 is 1.21 bits per heavy atom. The molecular weight excluding hydrogens is 376 g/mol. The van der Waals surface area contributed by atoms with Gasteiger partial charge in [-0.25, -0.2) is 4.79 Å². The predicted molar refractivity (Wildman–Crippen MR) is 106 cm³/mol. The van der Waals surface area contributed by atoms with Crippen molar-refractivity contribution in [3.05, 3.63) is 47.5 Å². The van der Waals surface area contributed by atoms with Gasteiger partial charge in [-0.15, -0.1) is 0 Å². The molecule has 1 atom stereocenters. The Morgan fingerprint density at radius 3 is 2.66 bits per heavy atom. The molecule has 1 unspecified atom stereocenters. The van der Waals surface area contributed by atoms with E-state index in [9.17, 15) is 19.5 Å². The summed E-state index contributed by atoms with van der Waals surface area (Å²) < 4.78 is 9.95. The fourth-order valence-corrected chi connectivity index (χ4v) is 3.28. The Balaban J connectivity index is 1.78. The highest BCUT2D eigenvalue weighted by Gasteiger charge is 2.36. The summed E-state index contributed by atoms with van der Waals surface area (Å²) >= 11 is 0. The van der Waals surface area contributed by atoms with E-state index in [1.807, 2.05) is 19.1 Å². The monoisotopic (exact) mass is 398 g/mol. The van der Waals surface area contributed by atoms with Gasteiger partial charge in [-0.05, 0) is 36.8 Å². The second kappa shape index (κ2) is 8.22. The molecule has 2 N–H and O–H groups in total. The van der Waals surface area contributed by atoms with Crippen LogP contribution in [0.3, 0.4) is 0 Å². The smallest absolute Gasteiger partial charge is 0.341 e. The number of esters is 1. The Labute approximate surface area is 168 Å². The molecule has 0 saturated carbocycles. The normalized spacial score (nSPS) is 15.9. The molecule has 3 rings (SSSR count). The van der Waals surface area contributed by atoms with Gasteiger partial charge >= 0.3 is 5.97 Å². The number of hydrogen-bond acceptors (Lipinski definition) is 6. The summed E-state index contributed by atoms with van der Waals surface area (Å²) in [5, 5.41) is 12.9. The third kappa shape index (κ3) is 4.01. The van der Waals surface area contributed by atoms with E-state index in [2.05, 4.69) is 10.1 Å². The molecule has 0 aliphatic carbocycles. The number of phenols is 1. The summed E-state index contributed by atoms with van der Waals surface area (Å²) in [4.78, 5) is 38.5. The van der Waals surface area contributed by atoms with E-state index >= 15 is 0 Å². The van der Waals surface area contributed by atoms with E-state index in [4.69, 9.17) is 4.74 Å². The second-order valence-electron chi connectivity index (χ2n) is 6.76. The number of amides is 2. The third-order valence-corrected chi connectivity index (χ3v) is 4.82. The fraction of sp³-hybridized carbons (Fsp3) is 0.286. The Morgan fingerprint density at radius 2 is 1.97 bits per heavy atom. The lowest BCUT2D eigenvalue weighted by atomic mass is 10.1. The fourth-order valence-electron chi connectivity index (χ4n) is 3.28. The maximum atomic E-state index is 12.7. The maximum Gasteiger partial charge on any atom is 0.341 e. The topological polar surface area (TPSA) is 105 Å². The molecule has 0 aromatic heterocycles. The van der Waals surface area contributed by atoms with Crippen LogP contribution in [0.1, 0.15) is 22.3 Å². The molecule has 1 saturated heterocycles. The van der Waals surface area contributed by atoms with Gasteiger partial charge in [0.05, 0.1) is 31.5 Å². The van der Waals surface area contributed by atoms with Gasteiger partial charge in [-0.1, -0.05) is 12.1 Å². The van der Waals surface area contributed by atoms with E-state index in [1.165, 1.54) is 37.3 Å². The summed E-state index contributed by atoms with van der Waals surface area (Å²) in [6.45, 7) is 2.09. The van der Waals surface area contributed by atoms with E-state index in [0.29, 0.717) is 11.4 Å². The minimum Gasteiger partial charge on any atom is -0.505 e. The number of rotatable bonds is 5. The molecule has 2 amide bonds. The molecule has 8 nitrogen and oxygen atoms in total. The van der Waals surface area contributed by atoms with Crippen LogP contribution in [0.15, 0.2) is 36.4 Å². The quantitative estimate of drug-likeness (QED) is 0.592. The van der Waals surface area contributed by atoms with Crippen LogP contribution in [-0.2, 0) is 14.3 Å². The van der Waals surface area contributed by atoms with Crippen molar-refractivity contribution < 1.29 is 29.0 Å². The summed E-state index contributed by atoms with van der Waals surface area (Å²) in [7, 11) is 2.72. The highest BCUT2D eigenvalue weighted by Crippen LogP contribution is 2.35. The number of aromatic hydroxyl groups is 1. The van der Waals surface area contributed by atoms with Gasteiger partial charge in [0.1, 0.15) is 11.3 Å². The highest BCUT2D eigenvalue weighted by molar-refractivity contribution is 6.05. The van der Waals surface area contributed by atoms with Crippen molar-refractivity contribution in [1.29, 1.82) is 0 Å². The van der Waals surface area contributed by atoms with Crippen molar-refractivity contribution in [3.63, 3.8) is 0 Å². The average molecular weight is 398 g/mol. The number of nitrogens with zero attached hydrogens (tertiary/aromatic N) is 1. The Kier molecular flexibility index (Phi) is 5.72. The lowest BCUT2D eigenvalue weighted by Crippen LogP contribution is -2.28. The summed E-state index contributed by atoms with van der Waals surface area (Å²) in [6, 6.07) is 9.87. The molecule has 1 fully saturated rings. The highest BCUT2D eigenvalue weighted by atomic mass is 16.5. The Hall–Kier alpha value is -3.55. The summed E-state index contributed by atoms with van der Waals surface area (Å²) in [6.07, 6.45) is 0.0282. The van der Waals surface area contributed by atoms with Crippen molar-refractivity contribution in [2.24, 2.45) is 5.92 Å². The number of benzene rings is 2. The van der Waals surface area contributed by atoms with Crippen LogP contribution in [0.25, 0.3) is 0 Å². The zero-order valence-corrected chi connectivity index (χ0v) is 16.4. The van der Waals surface area contributed by atoms with Gasteiger partial charge in [0.25, 0.3) is 0 Å². The van der Waals surface area contributed by atoms with Gasteiger partial charge in [0.2, 0.25) is 11.8 Å². The number of phenolic OH excluding ortho intramolecular Hbond substituents is 1. The number of ether oxygens (including phenoxy) is 2. The first kappa shape index (κ1) is 20.2. The number of carbonyl (C=O) groups is 3. The molecule has 1 aliphatic rings. The lowest BCUT2D eigenvalue weighted by Gasteiger charge is -2.20. The SMILES string of the molecule is COC(=O)c1cccc(NC(=O)C2CC(=O)N(c3cc(C)ccc3OC)C2)c1O. The van der Waals surface area contributed by atoms with E-state index < -0.39 is 17.8 Å². The van der Waals surface area contributed by atoms with Crippen molar-refractivity contribution in [2.45, 2.75) is 13.3 Å². The molecule has 0 radical (unpaired) electrons. The first-order chi connectivity index (χ1) is 13.8. The van der Waals surface area contributed by atoms with Gasteiger partial charge in [0.15, 0.2) is 5.75 Å². The molecule has 1 heterocycles. The number of anilines is 2. The van der Waals surface area contributed by atoms with Crippen LogP contribution in [0.4, 0.5) is 11.4 Å². The molecule has 2 aromatic rings. The molecular formula is C21H22N2O6. The third-order valence-electron chi connectivity index (χ3n) is 4.82. The first-order valence-electron chi connectivity index (χ1n) is 9.01. The number of hydrogen-bond donors (Lipinski definition) is 2. The molecule has 0 bridgehead atoms. The number of nitrogens with one attached hydrogen (secondary N) is 1. The van der Waals surface area contributed by atoms with Crippen LogP contribution < -0.4 is 15.0 Å². The second-order valence-corrected chi connectivity index (χ2v) is 6.76. The van der Waals surface area contributed by atoms with Crippen LogP contribution in [0, 0.1) is 12.8 Å². The molecule has 29 heavy (non-hydrogen) atoms. The van der Waals surface area contributed by atoms with Gasteiger partial charge in [-0.3, -0.25) is 9.59 Å². The zero-order valence-electron chi connectivity index (χ0n) is 16.4. The standard InChI is InChI=1S/C21H22N2O6/c1-12-7-8-17(28-2)16(9-12)23-11-13(10-18(23)24)20(26)22-15-6-4-5-14(19(15)25)21(27)29-3/h4-9,13,25H,10-11H2,1-3H3,(H,22,26). The number of carbonyl (C=O) groups excluding carboxylic acids is 3. The number of methoxy groups -OCH3 is 2. The summed E-state index contributed by atoms with van der Waals surface area (Å²) in [5.41, 5.74) is 1.60. The maximum absolute atomic E-state index is 12.7. The molecule has 2 aromatic carbocycles. The molecule has 0 spiro atoms. The average Bonchev–Trinajstić information content (AvgIpc) is 3.10. The molecule has 152 valence electrons. The van der Waals surface area contributed by atoms with Crippen molar-refractivity contribution in [2.75, 3.05) is 31.0 Å².